The molecule has 1 aliphatic heterocycles. The lowest BCUT2D eigenvalue weighted by molar-refractivity contribution is 0.409. The summed E-state index contributed by atoms with van der Waals surface area (Å²) in [7, 11) is 0. The molecule has 8 heteroatoms. The first-order valence-corrected chi connectivity index (χ1v) is 29.2. The Morgan fingerprint density at radius 1 is 0.430 bits per heavy atom. The number of amidine groups is 1. The Bertz CT molecular complexity index is 5180. The molecule has 4 heterocycles. The van der Waals surface area contributed by atoms with E-state index in [2.05, 4.69) is 264 Å². The minimum absolute atomic E-state index is 0.283. The second-order valence-corrected chi connectivity index (χ2v) is 22.1. The molecule has 0 amide bonds. The van der Waals surface area contributed by atoms with Crippen molar-refractivity contribution in [2.45, 2.75) is 12.3 Å². The SMILES string of the molecule is C(=C1c2ccccc2-c2c1c1c3ccccc3n(-c3cccc4ccccc34)c1c1c2oc2ccccc21)c1ccc(C2=NC(c3ccccc3-c3ccccc3)NC(c3ccccc3)N2)cc1-c1nc(-c2ccccc2)nc(-c2ccccc2)n1. The number of benzene rings is 12. The zero-order valence-corrected chi connectivity index (χ0v) is 46.4. The van der Waals surface area contributed by atoms with Crippen molar-refractivity contribution in [3.8, 4) is 62.1 Å². The zero-order chi connectivity index (χ0) is 56.7. The Morgan fingerprint density at radius 3 is 1.78 bits per heavy atom. The van der Waals surface area contributed by atoms with Crippen LogP contribution in [0.15, 0.2) is 288 Å². The van der Waals surface area contributed by atoms with Gasteiger partial charge < -0.3 is 14.3 Å². The van der Waals surface area contributed by atoms with Gasteiger partial charge in [0.25, 0.3) is 0 Å². The van der Waals surface area contributed by atoms with Crippen LogP contribution in [0.25, 0.3) is 128 Å². The third-order valence-corrected chi connectivity index (χ3v) is 17.1. The fraction of sp³-hybridized carbons (Fsp3) is 0.0256. The molecule has 0 spiro atoms. The number of fused-ring (bicyclic) bond motifs is 13. The molecule has 12 aromatic carbocycles. The molecule has 3 aromatic heterocycles. The summed E-state index contributed by atoms with van der Waals surface area (Å²) in [5.41, 5.74) is 19.3. The Labute approximate surface area is 495 Å². The minimum Gasteiger partial charge on any atom is -0.455 e. The number of hydrogen-bond acceptors (Lipinski definition) is 7. The first-order valence-electron chi connectivity index (χ1n) is 29.2. The molecule has 8 nitrogen and oxygen atoms in total. The molecule has 2 N–H and O–H groups in total. The molecule has 0 radical (unpaired) electrons. The van der Waals surface area contributed by atoms with Crippen LogP contribution in [-0.2, 0) is 0 Å². The fourth-order valence-electron chi connectivity index (χ4n) is 13.2. The number of hydrogen-bond donors (Lipinski definition) is 2. The first-order chi connectivity index (χ1) is 42.7. The van der Waals surface area contributed by atoms with E-state index in [0.717, 1.165) is 133 Å². The molecule has 15 aromatic rings. The lowest BCUT2D eigenvalue weighted by Crippen LogP contribution is -2.45. The Kier molecular flexibility index (Phi) is 11.6. The Balaban J connectivity index is 0.955. The van der Waals surface area contributed by atoms with Crippen LogP contribution < -0.4 is 10.6 Å². The quantitative estimate of drug-likeness (QED) is 0.150. The number of nitrogens with one attached hydrogen (secondary N) is 2. The number of rotatable bonds is 9. The highest BCUT2D eigenvalue weighted by atomic mass is 16.3. The second kappa shape index (κ2) is 20.2. The van der Waals surface area contributed by atoms with E-state index in [1.807, 2.05) is 36.4 Å². The van der Waals surface area contributed by atoms with E-state index < -0.39 is 6.17 Å². The molecule has 0 saturated heterocycles. The monoisotopic (exact) mass is 1100 g/mol. The molecular weight excluding hydrogens is 1050 g/mol. The molecule has 2 aliphatic rings. The average Bonchev–Trinajstić information content (AvgIpc) is 1.53. The topological polar surface area (TPSA) is 93.2 Å². The van der Waals surface area contributed by atoms with Crippen molar-refractivity contribution >= 4 is 72.0 Å². The summed E-state index contributed by atoms with van der Waals surface area (Å²) >= 11 is 0. The molecule has 1 aliphatic carbocycles. The van der Waals surface area contributed by atoms with Crippen molar-refractivity contribution in [3.05, 3.63) is 312 Å². The normalized spacial score (nSPS) is 15.1. The van der Waals surface area contributed by atoms with Crippen LogP contribution in [0.1, 0.15) is 45.7 Å². The van der Waals surface area contributed by atoms with Gasteiger partial charge in [-0.1, -0.05) is 255 Å². The van der Waals surface area contributed by atoms with E-state index in [1.165, 1.54) is 10.8 Å². The van der Waals surface area contributed by atoms with Crippen molar-refractivity contribution in [3.63, 3.8) is 0 Å². The second-order valence-electron chi connectivity index (χ2n) is 22.1. The molecule has 2 atom stereocenters. The summed E-state index contributed by atoms with van der Waals surface area (Å²) in [5, 5.41) is 14.6. The van der Waals surface area contributed by atoms with E-state index in [4.69, 9.17) is 24.4 Å². The van der Waals surface area contributed by atoms with Crippen LogP contribution in [0.5, 0.6) is 0 Å². The highest BCUT2D eigenvalue weighted by Crippen LogP contribution is 2.56. The van der Waals surface area contributed by atoms with Gasteiger partial charge in [-0.15, -0.1) is 0 Å². The van der Waals surface area contributed by atoms with Crippen molar-refractivity contribution in [1.29, 1.82) is 0 Å². The molecule has 0 saturated carbocycles. The van der Waals surface area contributed by atoms with Gasteiger partial charge in [0.05, 0.1) is 22.1 Å². The van der Waals surface area contributed by atoms with Gasteiger partial charge in [0, 0.05) is 54.9 Å². The van der Waals surface area contributed by atoms with E-state index in [0.29, 0.717) is 17.5 Å². The van der Waals surface area contributed by atoms with Gasteiger partial charge in [0.1, 0.15) is 29.3 Å². The van der Waals surface area contributed by atoms with Gasteiger partial charge >= 0.3 is 0 Å². The van der Waals surface area contributed by atoms with Crippen molar-refractivity contribution in [2.24, 2.45) is 4.99 Å². The average molecular weight is 1100 g/mol. The van der Waals surface area contributed by atoms with Crippen LogP contribution in [-0.4, -0.2) is 25.4 Å². The van der Waals surface area contributed by atoms with Gasteiger partial charge in [-0.2, -0.15) is 0 Å². The van der Waals surface area contributed by atoms with Crippen LogP contribution in [0.2, 0.25) is 0 Å². The van der Waals surface area contributed by atoms with E-state index in [1.54, 1.807) is 0 Å². The summed E-state index contributed by atoms with van der Waals surface area (Å²) in [4.78, 5) is 21.7. The number of aliphatic imine (C=N–C) groups is 1. The van der Waals surface area contributed by atoms with Crippen molar-refractivity contribution < 1.29 is 4.42 Å². The number of para-hydroxylation sites is 2. The first kappa shape index (κ1) is 49.3. The van der Waals surface area contributed by atoms with E-state index in [-0.39, 0.29) is 6.17 Å². The predicted molar refractivity (Wildman–Crippen MR) is 351 cm³/mol. The third-order valence-electron chi connectivity index (χ3n) is 17.1. The maximum Gasteiger partial charge on any atom is 0.164 e. The summed E-state index contributed by atoms with van der Waals surface area (Å²) in [6.45, 7) is 0. The van der Waals surface area contributed by atoms with Gasteiger partial charge in [0.2, 0.25) is 0 Å². The van der Waals surface area contributed by atoms with Gasteiger partial charge in [-0.25, -0.2) is 19.9 Å². The summed E-state index contributed by atoms with van der Waals surface area (Å²) < 4.78 is 9.73. The van der Waals surface area contributed by atoms with Gasteiger partial charge in [-0.05, 0) is 80.2 Å². The van der Waals surface area contributed by atoms with Gasteiger partial charge in [-0.3, -0.25) is 5.32 Å². The van der Waals surface area contributed by atoms with E-state index >= 15 is 0 Å². The fourth-order valence-corrected chi connectivity index (χ4v) is 13.2. The smallest absolute Gasteiger partial charge is 0.164 e. The predicted octanol–water partition coefficient (Wildman–Crippen LogP) is 18.6. The molecule has 0 bridgehead atoms. The Hall–Kier alpha value is -11.3. The number of nitrogens with zero attached hydrogens (tertiary/aromatic N) is 5. The maximum atomic E-state index is 7.24. The standard InChI is InChI=1S/C78H51N7O/c1-5-24-48(25-6-1)55-34-15-18-38-59(55)77-81-75(52-31-11-4-12-32-52)80-76(84-77)54-45-44-53(62(47-54)78-82-73(50-27-7-2-8-28-50)79-74(83-78)51-29-9-3-10-30-51)46-63-57-36-16-17-37-58(57)69-67(63)68-60-39-19-21-41-65(60)85(64-42-23-33-49-26-13-14-35-56(49)64)71(68)70-61-40-20-22-43-66(61)86-72(69)70/h1-47,75,77,81H,(H,80,84). The third kappa shape index (κ3) is 8.10. The molecule has 404 valence electrons. The molecule has 17 rings (SSSR count). The van der Waals surface area contributed by atoms with Crippen LogP contribution in [0.4, 0.5) is 0 Å². The molecule has 0 fully saturated rings. The maximum absolute atomic E-state index is 7.24. The summed E-state index contributed by atoms with van der Waals surface area (Å²) in [6, 6.07) is 98.2. The van der Waals surface area contributed by atoms with Crippen LogP contribution in [0, 0.1) is 0 Å². The minimum atomic E-state index is -0.412. The van der Waals surface area contributed by atoms with Crippen molar-refractivity contribution in [2.75, 3.05) is 0 Å². The molecule has 2 unspecified atom stereocenters. The highest BCUT2D eigenvalue weighted by molar-refractivity contribution is 6.34. The summed E-state index contributed by atoms with van der Waals surface area (Å²) in [5.74, 6) is 2.41. The lowest BCUT2D eigenvalue weighted by atomic mass is 9.92. The molecule has 86 heavy (non-hydrogen) atoms. The van der Waals surface area contributed by atoms with Crippen LogP contribution >= 0.6 is 0 Å². The number of furan rings is 1. The Morgan fingerprint density at radius 2 is 1.02 bits per heavy atom. The summed E-state index contributed by atoms with van der Waals surface area (Å²) in [6.07, 6.45) is 1.66. The lowest BCUT2D eigenvalue weighted by Gasteiger charge is -2.33. The highest BCUT2D eigenvalue weighted by Gasteiger charge is 2.35. The van der Waals surface area contributed by atoms with Gasteiger partial charge in [0.15, 0.2) is 17.5 Å². The number of aromatic nitrogens is 4. The molecular formula is C78H51N7O. The van der Waals surface area contributed by atoms with Crippen molar-refractivity contribution in [1.82, 2.24) is 30.2 Å². The zero-order valence-electron chi connectivity index (χ0n) is 46.4. The van der Waals surface area contributed by atoms with Crippen LogP contribution in [0.3, 0.4) is 0 Å². The van der Waals surface area contributed by atoms with E-state index in [9.17, 15) is 0 Å². The largest absolute Gasteiger partial charge is 0.455 e.